The topological polar surface area (TPSA) is 40.6 Å². The number of carbonyl (C=O) groups excluding carboxylic acids is 2. The average molecular weight is 293 g/mol. The lowest BCUT2D eigenvalue weighted by Crippen LogP contribution is -2.63. The summed E-state index contributed by atoms with van der Waals surface area (Å²) in [5, 5.41) is 0.513. The number of carbonyl (C=O) groups is 2. The number of amides is 2. The van der Waals surface area contributed by atoms with Gasteiger partial charge < -0.3 is 4.90 Å². The van der Waals surface area contributed by atoms with Gasteiger partial charge in [-0.2, -0.15) is 0 Å². The van der Waals surface area contributed by atoms with E-state index in [2.05, 4.69) is 0 Å². The maximum absolute atomic E-state index is 12.7. The molecule has 0 bridgehead atoms. The Morgan fingerprint density at radius 3 is 2.70 bits per heavy atom. The van der Waals surface area contributed by atoms with Crippen LogP contribution >= 0.6 is 11.6 Å². The van der Waals surface area contributed by atoms with Gasteiger partial charge in [-0.05, 0) is 31.4 Å². The summed E-state index contributed by atoms with van der Waals surface area (Å²) in [6.07, 6.45) is 2.25. The van der Waals surface area contributed by atoms with Gasteiger partial charge in [-0.3, -0.25) is 14.5 Å². The maximum atomic E-state index is 12.7. The van der Waals surface area contributed by atoms with Crippen molar-refractivity contribution >= 4 is 29.1 Å². The van der Waals surface area contributed by atoms with Crippen molar-refractivity contribution in [2.24, 2.45) is 0 Å². The maximum Gasteiger partial charge on any atom is 0.250 e. The Hall–Kier alpha value is -1.55. The Kier molecular flexibility index (Phi) is 3.42. The van der Waals surface area contributed by atoms with Gasteiger partial charge in [-0.25, -0.2) is 0 Å². The van der Waals surface area contributed by atoms with E-state index >= 15 is 0 Å². The van der Waals surface area contributed by atoms with Gasteiger partial charge in [-0.1, -0.05) is 30.7 Å². The van der Waals surface area contributed by atoms with Crippen LogP contribution in [0.25, 0.3) is 0 Å². The molecule has 20 heavy (non-hydrogen) atoms. The molecule has 1 aromatic carbocycles. The lowest BCUT2D eigenvalue weighted by atomic mass is 10.0. The number of rotatable bonds is 2. The van der Waals surface area contributed by atoms with Crippen LogP contribution in [0.4, 0.5) is 5.69 Å². The van der Waals surface area contributed by atoms with Crippen molar-refractivity contribution in [2.75, 3.05) is 11.4 Å². The average Bonchev–Trinajstić information content (AvgIpc) is 2.93. The van der Waals surface area contributed by atoms with E-state index in [1.165, 1.54) is 0 Å². The van der Waals surface area contributed by atoms with Gasteiger partial charge in [0.2, 0.25) is 5.91 Å². The number of nitrogens with zero attached hydrogens (tertiary/aromatic N) is 2. The molecule has 0 spiro atoms. The first-order valence-corrected chi connectivity index (χ1v) is 7.41. The van der Waals surface area contributed by atoms with Crippen LogP contribution in [0.1, 0.15) is 26.2 Å². The number of fused-ring (bicyclic) bond motifs is 1. The van der Waals surface area contributed by atoms with Crippen molar-refractivity contribution in [2.45, 2.75) is 38.3 Å². The van der Waals surface area contributed by atoms with Gasteiger partial charge in [0, 0.05) is 6.54 Å². The van der Waals surface area contributed by atoms with Crippen LogP contribution in [0.3, 0.4) is 0 Å². The molecule has 5 heteroatoms. The van der Waals surface area contributed by atoms with Crippen molar-refractivity contribution in [3.05, 3.63) is 29.3 Å². The fourth-order valence-corrected chi connectivity index (χ4v) is 3.42. The highest BCUT2D eigenvalue weighted by Crippen LogP contribution is 2.35. The molecule has 2 heterocycles. The standard InChI is InChI=1S/C15H17ClN2O2/c1-2-11-14(19)17-9-5-8-13(17)15(20)18(11)12-7-4-3-6-10(12)16/h3-4,6-7,11,13H,2,5,8-9H2,1H3. The van der Waals surface area contributed by atoms with Crippen LogP contribution in [0, 0.1) is 0 Å². The Labute approximate surface area is 123 Å². The molecule has 106 valence electrons. The molecule has 2 aliphatic rings. The molecule has 2 fully saturated rings. The van der Waals surface area contributed by atoms with Crippen LogP contribution in [-0.4, -0.2) is 35.3 Å². The Morgan fingerprint density at radius 2 is 2.00 bits per heavy atom. The molecule has 2 aliphatic heterocycles. The molecule has 2 amide bonds. The van der Waals surface area contributed by atoms with E-state index in [1.54, 1.807) is 21.9 Å². The first-order chi connectivity index (χ1) is 9.65. The number of piperazine rings is 1. The van der Waals surface area contributed by atoms with Crippen molar-refractivity contribution < 1.29 is 9.59 Å². The molecule has 1 aromatic rings. The summed E-state index contributed by atoms with van der Waals surface area (Å²) in [5.74, 6) is 0.0524. The first kappa shape index (κ1) is 13.4. The summed E-state index contributed by atoms with van der Waals surface area (Å²) in [6, 6.07) is 6.49. The highest BCUT2D eigenvalue weighted by molar-refractivity contribution is 6.34. The van der Waals surface area contributed by atoms with Gasteiger partial charge >= 0.3 is 0 Å². The van der Waals surface area contributed by atoms with Crippen molar-refractivity contribution in [1.29, 1.82) is 0 Å². The molecular weight excluding hydrogens is 276 g/mol. The minimum Gasteiger partial charge on any atom is -0.329 e. The third-order valence-corrected chi connectivity index (χ3v) is 4.47. The summed E-state index contributed by atoms with van der Waals surface area (Å²) in [4.78, 5) is 28.7. The lowest BCUT2D eigenvalue weighted by molar-refractivity contribution is -0.144. The van der Waals surface area contributed by atoms with Crippen molar-refractivity contribution in [3.63, 3.8) is 0 Å². The number of para-hydroxylation sites is 1. The third-order valence-electron chi connectivity index (χ3n) is 4.15. The van der Waals surface area contributed by atoms with Gasteiger partial charge in [0.25, 0.3) is 5.91 Å². The van der Waals surface area contributed by atoms with Gasteiger partial charge in [0.1, 0.15) is 12.1 Å². The molecule has 0 aromatic heterocycles. The third kappa shape index (κ3) is 1.90. The number of hydrogen-bond donors (Lipinski definition) is 0. The van der Waals surface area contributed by atoms with E-state index in [1.807, 2.05) is 19.1 Å². The number of halogens is 1. The van der Waals surface area contributed by atoms with Crippen LogP contribution in [0.2, 0.25) is 5.02 Å². The predicted octanol–water partition coefficient (Wildman–Crippen LogP) is 2.46. The summed E-state index contributed by atoms with van der Waals surface area (Å²) in [7, 11) is 0. The monoisotopic (exact) mass is 292 g/mol. The molecule has 3 rings (SSSR count). The normalized spacial score (nSPS) is 26.1. The van der Waals surface area contributed by atoms with E-state index in [4.69, 9.17) is 11.6 Å². The molecule has 2 unspecified atom stereocenters. The Balaban J connectivity index is 2.05. The predicted molar refractivity (Wildman–Crippen MR) is 77.8 cm³/mol. The minimum absolute atomic E-state index is 0.00190. The molecular formula is C15H17ClN2O2. The summed E-state index contributed by atoms with van der Waals surface area (Å²) < 4.78 is 0. The fourth-order valence-electron chi connectivity index (χ4n) is 3.19. The molecule has 0 radical (unpaired) electrons. The second-order valence-corrected chi connectivity index (χ2v) is 5.68. The quantitative estimate of drug-likeness (QED) is 0.840. The highest BCUT2D eigenvalue weighted by Gasteiger charge is 2.47. The first-order valence-electron chi connectivity index (χ1n) is 7.03. The number of benzene rings is 1. The SMILES string of the molecule is CCC1C(=O)N2CCCC2C(=O)N1c1ccccc1Cl. The van der Waals surface area contributed by atoms with Gasteiger partial charge in [-0.15, -0.1) is 0 Å². The molecule has 2 saturated heterocycles. The molecule has 0 N–H and O–H groups in total. The van der Waals surface area contributed by atoms with Crippen LogP contribution in [0.15, 0.2) is 24.3 Å². The number of anilines is 1. The second-order valence-electron chi connectivity index (χ2n) is 5.27. The number of hydrogen-bond acceptors (Lipinski definition) is 2. The Bertz CT molecular complexity index is 561. The zero-order chi connectivity index (χ0) is 14.3. The van der Waals surface area contributed by atoms with Crippen LogP contribution in [-0.2, 0) is 9.59 Å². The largest absolute Gasteiger partial charge is 0.329 e. The summed E-state index contributed by atoms with van der Waals surface area (Å²) >= 11 is 6.22. The van der Waals surface area contributed by atoms with Crippen LogP contribution in [0.5, 0.6) is 0 Å². The highest BCUT2D eigenvalue weighted by atomic mass is 35.5. The molecule has 4 nitrogen and oxygen atoms in total. The smallest absolute Gasteiger partial charge is 0.250 e. The Morgan fingerprint density at radius 1 is 1.25 bits per heavy atom. The minimum atomic E-state index is -0.434. The van der Waals surface area contributed by atoms with E-state index < -0.39 is 6.04 Å². The molecule has 0 saturated carbocycles. The molecule has 2 atom stereocenters. The lowest BCUT2D eigenvalue weighted by Gasteiger charge is -2.42. The van der Waals surface area contributed by atoms with Crippen molar-refractivity contribution in [1.82, 2.24) is 4.90 Å². The summed E-state index contributed by atoms with van der Waals surface area (Å²) in [6.45, 7) is 2.62. The second kappa shape index (κ2) is 5.09. The van der Waals surface area contributed by atoms with E-state index in [9.17, 15) is 9.59 Å². The zero-order valence-corrected chi connectivity index (χ0v) is 12.1. The zero-order valence-electron chi connectivity index (χ0n) is 11.4. The molecule has 0 aliphatic carbocycles. The van der Waals surface area contributed by atoms with E-state index in [0.717, 1.165) is 12.8 Å². The summed E-state index contributed by atoms with van der Waals surface area (Å²) in [5.41, 5.74) is 0.644. The fraction of sp³-hybridized carbons (Fsp3) is 0.467. The van der Waals surface area contributed by atoms with Crippen molar-refractivity contribution in [3.8, 4) is 0 Å². The van der Waals surface area contributed by atoms with Gasteiger partial charge in [0.15, 0.2) is 0 Å². The van der Waals surface area contributed by atoms with Gasteiger partial charge in [0.05, 0.1) is 10.7 Å². The van der Waals surface area contributed by atoms with Crippen LogP contribution < -0.4 is 4.90 Å². The van der Waals surface area contributed by atoms with E-state index in [0.29, 0.717) is 23.7 Å². The van der Waals surface area contributed by atoms with E-state index in [-0.39, 0.29) is 17.9 Å².